The van der Waals surface area contributed by atoms with Crippen LogP contribution in [-0.4, -0.2) is 40.5 Å². The van der Waals surface area contributed by atoms with Gasteiger partial charge in [0.15, 0.2) is 0 Å². The van der Waals surface area contributed by atoms with Gasteiger partial charge >= 0.3 is 0 Å². The predicted octanol–water partition coefficient (Wildman–Crippen LogP) is 3.41. The lowest BCUT2D eigenvalue weighted by Crippen LogP contribution is -2.13. The molecule has 0 saturated carbocycles. The van der Waals surface area contributed by atoms with Crippen LogP contribution >= 0.6 is 23.3 Å². The third-order valence-electron chi connectivity index (χ3n) is 3.55. The normalized spacial score (nSPS) is 10.4. The second-order valence-electron chi connectivity index (χ2n) is 5.36. The molecule has 1 aromatic heterocycles. The van der Waals surface area contributed by atoms with Crippen LogP contribution in [-0.2, 0) is 0 Å². The maximum Gasteiger partial charge on any atom is 0.234 e. The Bertz CT molecular complexity index is 983. The number of rotatable bonds is 6. The first-order chi connectivity index (χ1) is 14.0. The lowest BCUT2D eigenvalue weighted by atomic mass is 10.1. The number of aliphatic hydroxyl groups excluding tert-OH is 1. The number of carbonyl (C=O) groups excluding carboxylic acids is 1. The minimum atomic E-state index is -0.581. The van der Waals surface area contributed by atoms with E-state index in [4.69, 9.17) is 5.11 Å². The molecule has 29 heavy (non-hydrogen) atoms. The number of halogens is 2. The van der Waals surface area contributed by atoms with Crippen molar-refractivity contribution >= 4 is 28.4 Å². The molecular weight excluding hydrogens is 420 g/mol. The van der Waals surface area contributed by atoms with Crippen LogP contribution in [0, 0.1) is 11.6 Å². The van der Waals surface area contributed by atoms with E-state index >= 15 is 0 Å². The number of carbonyl (C=O) groups is 1. The molecule has 6 nitrogen and oxygen atoms in total. The highest BCUT2D eigenvalue weighted by molar-refractivity contribution is 8.12. The fourth-order valence-electron chi connectivity index (χ4n) is 2.36. The first kappa shape index (κ1) is 22.9. The number of nitrogens with one attached hydrogen (secondary N) is 1. The second kappa shape index (κ2) is 11.0. The Morgan fingerprint density at radius 2 is 2.03 bits per heavy atom. The highest BCUT2D eigenvalue weighted by Gasteiger charge is 2.20. The second-order valence-corrected chi connectivity index (χ2v) is 7.26. The molecule has 154 valence electrons. The van der Waals surface area contributed by atoms with Crippen molar-refractivity contribution in [2.75, 3.05) is 20.2 Å². The van der Waals surface area contributed by atoms with E-state index in [0.717, 1.165) is 29.4 Å². The Morgan fingerprint density at radius 3 is 2.72 bits per heavy atom. The summed E-state index contributed by atoms with van der Waals surface area (Å²) in [6.45, 7) is 0.0886. The summed E-state index contributed by atoms with van der Waals surface area (Å²) < 4.78 is 30.3. The third-order valence-corrected chi connectivity index (χ3v) is 5.36. The zero-order valence-electron chi connectivity index (χ0n) is 15.4. The molecule has 3 aromatic rings. The number of aromatic hydroxyl groups is 1. The summed E-state index contributed by atoms with van der Waals surface area (Å²) in [5.41, 5.74) is 5.07. The third kappa shape index (κ3) is 5.58. The summed E-state index contributed by atoms with van der Waals surface area (Å²) in [5, 5.41) is 18.7. The summed E-state index contributed by atoms with van der Waals surface area (Å²) in [7, 11) is 1.50. The molecule has 5 N–H and O–H groups in total. The van der Waals surface area contributed by atoms with Gasteiger partial charge in [-0.25, -0.2) is 13.8 Å². The first-order valence-electron chi connectivity index (χ1n) is 8.37. The van der Waals surface area contributed by atoms with Crippen molar-refractivity contribution in [3.05, 3.63) is 59.8 Å². The lowest BCUT2D eigenvalue weighted by Gasteiger charge is -2.08. The average Bonchev–Trinajstić information content (AvgIpc) is 3.18. The van der Waals surface area contributed by atoms with Gasteiger partial charge in [-0.2, -0.15) is 0 Å². The zero-order chi connectivity index (χ0) is 21.4. The van der Waals surface area contributed by atoms with Crippen molar-refractivity contribution in [2.45, 2.75) is 0 Å². The molecule has 2 aromatic carbocycles. The summed E-state index contributed by atoms with van der Waals surface area (Å²) in [6.07, 6.45) is 1.41. The number of thiazole rings is 1. The SMILES string of the molecule is CN.O=C(SNCCO)c1cccc(F)c1-c1cnc(-c2ccc(F)cc2O)s1. The van der Waals surface area contributed by atoms with Crippen LogP contribution in [0.3, 0.4) is 0 Å². The zero-order valence-corrected chi connectivity index (χ0v) is 17.0. The van der Waals surface area contributed by atoms with E-state index in [1.165, 1.54) is 43.6 Å². The van der Waals surface area contributed by atoms with Crippen LogP contribution in [0.15, 0.2) is 42.6 Å². The van der Waals surface area contributed by atoms with E-state index in [1.54, 1.807) is 0 Å². The van der Waals surface area contributed by atoms with E-state index in [0.29, 0.717) is 15.4 Å². The molecule has 0 aliphatic carbocycles. The van der Waals surface area contributed by atoms with E-state index in [-0.39, 0.29) is 30.0 Å². The quantitative estimate of drug-likeness (QED) is 0.344. The summed E-state index contributed by atoms with van der Waals surface area (Å²) in [4.78, 5) is 17.0. The smallest absolute Gasteiger partial charge is 0.234 e. The number of aliphatic hydroxyl groups is 1. The molecule has 3 rings (SSSR count). The van der Waals surface area contributed by atoms with Crippen LogP contribution in [0.2, 0.25) is 0 Å². The summed E-state index contributed by atoms with van der Waals surface area (Å²) >= 11 is 1.84. The highest BCUT2D eigenvalue weighted by Crippen LogP contribution is 2.39. The molecule has 0 saturated heterocycles. The highest BCUT2D eigenvalue weighted by atomic mass is 32.2. The largest absolute Gasteiger partial charge is 0.507 e. The molecule has 0 amide bonds. The van der Waals surface area contributed by atoms with Crippen LogP contribution in [0.4, 0.5) is 8.78 Å². The van der Waals surface area contributed by atoms with Crippen LogP contribution in [0.1, 0.15) is 10.4 Å². The van der Waals surface area contributed by atoms with Gasteiger partial charge in [-0.1, -0.05) is 6.07 Å². The van der Waals surface area contributed by atoms with Crippen molar-refractivity contribution in [1.29, 1.82) is 0 Å². The number of aromatic nitrogens is 1. The lowest BCUT2D eigenvalue weighted by molar-refractivity contribution is 0.108. The van der Waals surface area contributed by atoms with Crippen LogP contribution in [0.25, 0.3) is 21.0 Å². The van der Waals surface area contributed by atoms with Gasteiger partial charge in [-0.15, -0.1) is 11.3 Å². The van der Waals surface area contributed by atoms with Gasteiger partial charge in [-0.3, -0.25) is 9.52 Å². The molecule has 0 bridgehead atoms. The molecule has 0 radical (unpaired) electrons. The number of benzene rings is 2. The van der Waals surface area contributed by atoms with Crippen molar-refractivity contribution < 1.29 is 23.8 Å². The average molecular weight is 440 g/mol. The topological polar surface area (TPSA) is 108 Å². The number of nitrogens with two attached hydrogens (primary N) is 1. The molecule has 1 heterocycles. The minimum absolute atomic E-state index is 0.103. The van der Waals surface area contributed by atoms with Gasteiger partial charge in [0.25, 0.3) is 0 Å². The standard InChI is InChI=1S/C18H14F2N2O3S2.CH5N/c19-10-4-5-11(14(24)8-10)17-21-9-15(26-17)16-12(2-1-3-13(16)20)18(25)27-22-6-7-23;1-2/h1-5,8-9,22-24H,6-7H2;2H2,1H3. The van der Waals surface area contributed by atoms with Gasteiger partial charge in [0.1, 0.15) is 22.4 Å². The van der Waals surface area contributed by atoms with E-state index in [1.807, 2.05) is 0 Å². The Labute approximate surface area is 174 Å². The predicted molar refractivity (Wildman–Crippen MR) is 112 cm³/mol. The van der Waals surface area contributed by atoms with Crippen molar-refractivity contribution in [1.82, 2.24) is 9.71 Å². The minimum Gasteiger partial charge on any atom is -0.507 e. The number of phenols is 1. The van der Waals surface area contributed by atoms with Gasteiger partial charge in [0.05, 0.1) is 17.0 Å². The number of hydrogen-bond donors (Lipinski definition) is 4. The fourth-order valence-corrected chi connectivity index (χ4v) is 3.98. The molecule has 0 unspecified atom stereocenters. The molecule has 0 aliphatic heterocycles. The number of phenolic OH excluding ortho intramolecular Hbond substituents is 1. The first-order valence-corrected chi connectivity index (χ1v) is 10.0. The van der Waals surface area contributed by atoms with Crippen LogP contribution < -0.4 is 10.5 Å². The van der Waals surface area contributed by atoms with Gasteiger partial charge < -0.3 is 15.9 Å². The van der Waals surface area contributed by atoms with Crippen molar-refractivity contribution in [3.8, 4) is 26.8 Å². The van der Waals surface area contributed by atoms with E-state index < -0.39 is 16.7 Å². The number of hydrogen-bond acceptors (Lipinski definition) is 8. The van der Waals surface area contributed by atoms with Gasteiger partial charge in [-0.05, 0) is 43.3 Å². The fraction of sp³-hybridized carbons (Fsp3) is 0.158. The Kier molecular flexibility index (Phi) is 8.68. The maximum atomic E-state index is 14.5. The molecule has 0 atom stereocenters. The maximum absolute atomic E-state index is 14.5. The summed E-state index contributed by atoms with van der Waals surface area (Å²) in [6, 6.07) is 7.73. The molecule has 0 fully saturated rings. The van der Waals surface area contributed by atoms with E-state index in [2.05, 4.69) is 15.4 Å². The monoisotopic (exact) mass is 439 g/mol. The van der Waals surface area contributed by atoms with Crippen molar-refractivity contribution in [3.63, 3.8) is 0 Å². The van der Waals surface area contributed by atoms with Crippen LogP contribution in [0.5, 0.6) is 5.75 Å². The molecule has 10 heteroatoms. The molecular formula is C19H19F2N3O3S2. The Hall–Kier alpha value is -2.37. The molecule has 0 spiro atoms. The summed E-state index contributed by atoms with van der Waals surface area (Å²) in [5.74, 6) is -1.44. The molecule has 0 aliphatic rings. The van der Waals surface area contributed by atoms with Gasteiger partial charge in [0.2, 0.25) is 5.12 Å². The number of nitrogens with zero attached hydrogens (tertiary/aromatic N) is 1. The Balaban J connectivity index is 0.00000145. The Morgan fingerprint density at radius 1 is 1.28 bits per heavy atom. The van der Waals surface area contributed by atoms with E-state index in [9.17, 15) is 18.7 Å². The van der Waals surface area contributed by atoms with Crippen molar-refractivity contribution in [2.24, 2.45) is 5.73 Å². The van der Waals surface area contributed by atoms with Gasteiger partial charge in [0, 0.05) is 29.9 Å².